The summed E-state index contributed by atoms with van der Waals surface area (Å²) in [7, 11) is 3.25. The summed E-state index contributed by atoms with van der Waals surface area (Å²) in [5.74, 6) is -0.377. The molecule has 2 rings (SSSR count). The van der Waals surface area contributed by atoms with Gasteiger partial charge in [0, 0.05) is 19.4 Å². The van der Waals surface area contributed by atoms with Gasteiger partial charge in [0.2, 0.25) is 0 Å². The summed E-state index contributed by atoms with van der Waals surface area (Å²) in [6.07, 6.45) is 4.34. The van der Waals surface area contributed by atoms with E-state index in [0.29, 0.717) is 12.1 Å². The highest BCUT2D eigenvalue weighted by Crippen LogP contribution is 2.14. The number of aryl methyl sites for hydroxylation is 2. The Morgan fingerprint density at radius 3 is 2.85 bits per heavy atom. The van der Waals surface area contributed by atoms with Crippen LogP contribution in [0.15, 0.2) is 24.5 Å². The van der Waals surface area contributed by atoms with E-state index in [4.69, 9.17) is 0 Å². The third kappa shape index (κ3) is 3.14. The van der Waals surface area contributed by atoms with E-state index < -0.39 is 0 Å². The van der Waals surface area contributed by atoms with E-state index in [0.717, 1.165) is 23.5 Å². The lowest BCUT2D eigenvalue weighted by Gasteiger charge is -2.05. The molecule has 0 aliphatic carbocycles. The molecule has 0 fully saturated rings. The van der Waals surface area contributed by atoms with Crippen LogP contribution >= 0.6 is 0 Å². The summed E-state index contributed by atoms with van der Waals surface area (Å²) in [5.41, 5.74) is 3.34. The zero-order chi connectivity index (χ0) is 14.5. The predicted molar refractivity (Wildman–Crippen MR) is 75.5 cm³/mol. The maximum Gasteiger partial charge on any atom is 0.339 e. The molecule has 0 unspecified atom stereocenters. The Morgan fingerprint density at radius 2 is 2.25 bits per heavy atom. The summed E-state index contributed by atoms with van der Waals surface area (Å²) in [4.78, 5) is 15.5. The van der Waals surface area contributed by atoms with Crippen LogP contribution in [-0.4, -0.2) is 27.8 Å². The minimum Gasteiger partial charge on any atom is -0.465 e. The number of hydrogen-bond acceptors (Lipinski definition) is 5. The van der Waals surface area contributed by atoms with Gasteiger partial charge in [0.25, 0.3) is 0 Å². The lowest BCUT2D eigenvalue weighted by atomic mass is 10.2. The number of carbonyl (C=O) groups excluding carboxylic acids is 1. The van der Waals surface area contributed by atoms with E-state index in [1.165, 1.54) is 13.3 Å². The van der Waals surface area contributed by atoms with Crippen LogP contribution in [0.3, 0.4) is 0 Å². The fourth-order valence-electron chi connectivity index (χ4n) is 1.90. The van der Waals surface area contributed by atoms with Gasteiger partial charge in [-0.05, 0) is 18.6 Å². The highest BCUT2D eigenvalue weighted by atomic mass is 16.5. The number of rotatable bonds is 5. The van der Waals surface area contributed by atoms with Crippen molar-refractivity contribution in [2.75, 3.05) is 12.4 Å². The quantitative estimate of drug-likeness (QED) is 0.842. The maximum absolute atomic E-state index is 11.3. The van der Waals surface area contributed by atoms with Gasteiger partial charge in [0.15, 0.2) is 0 Å². The molecule has 0 aliphatic rings. The molecule has 0 radical (unpaired) electrons. The number of anilines is 1. The third-order valence-corrected chi connectivity index (χ3v) is 2.95. The van der Waals surface area contributed by atoms with Crippen molar-refractivity contribution in [2.45, 2.75) is 19.9 Å². The number of pyridine rings is 1. The Bertz CT molecular complexity index is 590. The van der Waals surface area contributed by atoms with Crippen molar-refractivity contribution in [3.63, 3.8) is 0 Å². The number of hydrogen-bond donors (Lipinski definition) is 1. The second-order valence-electron chi connectivity index (χ2n) is 4.40. The third-order valence-electron chi connectivity index (χ3n) is 2.95. The van der Waals surface area contributed by atoms with Crippen molar-refractivity contribution in [3.05, 3.63) is 41.5 Å². The highest BCUT2D eigenvalue weighted by Gasteiger charge is 2.07. The smallest absolute Gasteiger partial charge is 0.339 e. The molecule has 20 heavy (non-hydrogen) atoms. The Kier molecular flexibility index (Phi) is 4.34. The van der Waals surface area contributed by atoms with Gasteiger partial charge in [-0.1, -0.05) is 6.92 Å². The molecule has 0 amide bonds. The second-order valence-corrected chi connectivity index (χ2v) is 4.40. The van der Waals surface area contributed by atoms with Crippen molar-refractivity contribution in [3.8, 4) is 0 Å². The minimum absolute atomic E-state index is 0.377. The topological polar surface area (TPSA) is 69.0 Å². The first kappa shape index (κ1) is 14.0. The minimum atomic E-state index is -0.377. The van der Waals surface area contributed by atoms with E-state index in [1.54, 1.807) is 16.8 Å². The summed E-state index contributed by atoms with van der Waals surface area (Å²) < 4.78 is 6.42. The van der Waals surface area contributed by atoms with Crippen molar-refractivity contribution in [1.82, 2.24) is 14.8 Å². The Morgan fingerprint density at radius 1 is 1.45 bits per heavy atom. The van der Waals surface area contributed by atoms with Crippen LogP contribution in [0.1, 0.15) is 28.7 Å². The molecule has 0 saturated carbocycles. The molecule has 0 saturated heterocycles. The van der Waals surface area contributed by atoms with E-state index in [2.05, 4.69) is 27.1 Å². The average molecular weight is 274 g/mol. The summed E-state index contributed by atoms with van der Waals surface area (Å²) >= 11 is 0. The molecule has 106 valence electrons. The fourth-order valence-corrected chi connectivity index (χ4v) is 1.90. The molecule has 1 N–H and O–H groups in total. The van der Waals surface area contributed by atoms with Crippen molar-refractivity contribution < 1.29 is 9.53 Å². The molecule has 0 aromatic carbocycles. The van der Waals surface area contributed by atoms with E-state index in [1.807, 2.05) is 13.2 Å². The van der Waals surface area contributed by atoms with Crippen LogP contribution in [0.25, 0.3) is 0 Å². The first-order valence-corrected chi connectivity index (χ1v) is 6.43. The van der Waals surface area contributed by atoms with Crippen LogP contribution in [0, 0.1) is 0 Å². The molecule has 0 atom stereocenters. The number of carbonyl (C=O) groups is 1. The van der Waals surface area contributed by atoms with E-state index >= 15 is 0 Å². The molecule has 2 heterocycles. The number of nitrogens with one attached hydrogen (secondary N) is 1. The molecule has 6 nitrogen and oxygen atoms in total. The molecule has 2 aromatic rings. The van der Waals surface area contributed by atoms with Crippen LogP contribution in [-0.2, 0) is 24.8 Å². The number of ether oxygens (including phenoxy) is 1. The lowest BCUT2D eigenvalue weighted by Crippen LogP contribution is -2.05. The summed E-state index contributed by atoms with van der Waals surface area (Å²) in [6, 6.07) is 3.51. The second kappa shape index (κ2) is 6.18. The maximum atomic E-state index is 11.3. The Labute approximate surface area is 117 Å². The number of aromatic nitrogens is 3. The molecule has 6 heteroatoms. The average Bonchev–Trinajstić information content (AvgIpc) is 2.85. The predicted octanol–water partition coefficient (Wildman–Crippen LogP) is 1.78. The van der Waals surface area contributed by atoms with E-state index in [9.17, 15) is 4.79 Å². The first-order chi connectivity index (χ1) is 9.63. The SMILES string of the molecule is CCc1nn(C)cc1NCc1ccc(C(=O)OC)cn1. The van der Waals surface area contributed by atoms with Gasteiger partial charge >= 0.3 is 5.97 Å². The first-order valence-electron chi connectivity index (χ1n) is 6.43. The number of nitrogens with zero attached hydrogens (tertiary/aromatic N) is 3. The zero-order valence-electron chi connectivity index (χ0n) is 11.9. The highest BCUT2D eigenvalue weighted by molar-refractivity contribution is 5.88. The standard InChI is InChI=1S/C14H18N4O2/c1-4-12-13(9-18(2)17-12)16-8-11-6-5-10(7-15-11)14(19)20-3/h5-7,9,16H,4,8H2,1-3H3. The van der Waals surface area contributed by atoms with Gasteiger partial charge in [-0.3, -0.25) is 9.67 Å². The lowest BCUT2D eigenvalue weighted by molar-refractivity contribution is 0.0600. The van der Waals surface area contributed by atoms with Crippen LogP contribution in [0.2, 0.25) is 0 Å². The van der Waals surface area contributed by atoms with Gasteiger partial charge in [0.05, 0.1) is 36.3 Å². The monoisotopic (exact) mass is 274 g/mol. The molecule has 2 aromatic heterocycles. The summed E-state index contributed by atoms with van der Waals surface area (Å²) in [5, 5.41) is 7.66. The normalized spacial score (nSPS) is 10.3. The van der Waals surface area contributed by atoms with Gasteiger partial charge in [-0.2, -0.15) is 5.10 Å². The van der Waals surface area contributed by atoms with Gasteiger partial charge in [-0.25, -0.2) is 4.79 Å². The molecular formula is C14H18N4O2. The largest absolute Gasteiger partial charge is 0.465 e. The van der Waals surface area contributed by atoms with Gasteiger partial charge in [0.1, 0.15) is 0 Å². The van der Waals surface area contributed by atoms with Crippen LogP contribution in [0.4, 0.5) is 5.69 Å². The Balaban J connectivity index is 2.02. The van der Waals surface area contributed by atoms with Crippen LogP contribution < -0.4 is 5.32 Å². The summed E-state index contributed by atoms with van der Waals surface area (Å²) in [6.45, 7) is 2.65. The molecule has 0 aliphatic heterocycles. The number of methoxy groups -OCH3 is 1. The van der Waals surface area contributed by atoms with Crippen LogP contribution in [0.5, 0.6) is 0 Å². The van der Waals surface area contributed by atoms with Gasteiger partial charge in [-0.15, -0.1) is 0 Å². The van der Waals surface area contributed by atoms with Gasteiger partial charge < -0.3 is 10.1 Å². The van der Waals surface area contributed by atoms with Crippen molar-refractivity contribution >= 4 is 11.7 Å². The zero-order valence-corrected chi connectivity index (χ0v) is 11.9. The van der Waals surface area contributed by atoms with Crippen molar-refractivity contribution in [2.24, 2.45) is 7.05 Å². The van der Waals surface area contributed by atoms with Crippen molar-refractivity contribution in [1.29, 1.82) is 0 Å². The fraction of sp³-hybridized carbons (Fsp3) is 0.357. The molecule has 0 bridgehead atoms. The number of esters is 1. The molecular weight excluding hydrogens is 256 g/mol. The van der Waals surface area contributed by atoms with E-state index in [-0.39, 0.29) is 5.97 Å². The molecule has 0 spiro atoms. The Hall–Kier alpha value is -2.37.